The van der Waals surface area contributed by atoms with Gasteiger partial charge in [0, 0.05) is 19.1 Å². The Labute approximate surface area is 193 Å². The van der Waals surface area contributed by atoms with Gasteiger partial charge < -0.3 is 49.8 Å². The molecule has 0 aromatic heterocycles. The van der Waals surface area contributed by atoms with Crippen LogP contribution in [0.25, 0.3) is 0 Å². The number of nitrogens with one attached hydrogen (secondary N) is 1. The lowest BCUT2D eigenvalue weighted by Crippen LogP contribution is -2.66. The standard InChI is InChI=1S/C20H28N2O12/c1-8-14(24)17(27)18(28)20(32-8)31-7-12-15(25)16(26)13(21-9(2)23)19(34-12)33-11-5-3-10(4-6-11)22(29)30/h3-6,8,12-20,24-28H,7H2,1-2H3,(H,21,23)/t8-,12-,13-,14+,15-,16-,17+,18-,19-,20+/m1/s1. The molecule has 190 valence electrons. The van der Waals surface area contributed by atoms with Crippen LogP contribution in [0.2, 0.25) is 0 Å². The summed E-state index contributed by atoms with van der Waals surface area (Å²) >= 11 is 0. The molecule has 2 saturated heterocycles. The van der Waals surface area contributed by atoms with Crippen molar-refractivity contribution in [2.45, 2.75) is 75.2 Å². The summed E-state index contributed by atoms with van der Waals surface area (Å²) < 4.78 is 22.2. The molecule has 0 bridgehead atoms. The highest BCUT2D eigenvalue weighted by Crippen LogP contribution is 2.28. The van der Waals surface area contributed by atoms with Crippen molar-refractivity contribution in [3.8, 4) is 5.75 Å². The van der Waals surface area contributed by atoms with Gasteiger partial charge in [0.15, 0.2) is 6.29 Å². The second-order valence-corrected chi connectivity index (χ2v) is 8.13. The fraction of sp³-hybridized carbons (Fsp3) is 0.650. The molecule has 2 heterocycles. The number of hydrogen-bond acceptors (Lipinski definition) is 12. The van der Waals surface area contributed by atoms with Crippen LogP contribution >= 0.6 is 0 Å². The molecule has 1 aromatic rings. The average Bonchev–Trinajstić information content (AvgIpc) is 2.79. The van der Waals surface area contributed by atoms with E-state index in [2.05, 4.69) is 5.32 Å². The van der Waals surface area contributed by atoms with Crippen LogP contribution in [-0.4, -0.2) is 104 Å². The van der Waals surface area contributed by atoms with E-state index in [-0.39, 0.29) is 11.4 Å². The number of hydrogen-bond donors (Lipinski definition) is 6. The largest absolute Gasteiger partial charge is 0.463 e. The van der Waals surface area contributed by atoms with E-state index in [0.29, 0.717) is 0 Å². The first-order valence-corrected chi connectivity index (χ1v) is 10.5. The molecule has 6 N–H and O–H groups in total. The summed E-state index contributed by atoms with van der Waals surface area (Å²) in [6.45, 7) is 2.24. The fourth-order valence-corrected chi connectivity index (χ4v) is 3.68. The summed E-state index contributed by atoms with van der Waals surface area (Å²) in [6.07, 6.45) is -12.3. The lowest BCUT2D eigenvalue weighted by molar-refractivity contribution is -0.384. The molecule has 14 heteroatoms. The summed E-state index contributed by atoms with van der Waals surface area (Å²) in [5.41, 5.74) is -0.176. The van der Waals surface area contributed by atoms with Gasteiger partial charge in [-0.2, -0.15) is 0 Å². The van der Waals surface area contributed by atoms with Crippen molar-refractivity contribution < 1.29 is 54.2 Å². The minimum Gasteiger partial charge on any atom is -0.463 e. The fourth-order valence-electron chi connectivity index (χ4n) is 3.68. The van der Waals surface area contributed by atoms with Crippen molar-refractivity contribution in [3.63, 3.8) is 0 Å². The summed E-state index contributed by atoms with van der Waals surface area (Å²) in [5.74, 6) is -0.404. The SMILES string of the molecule is CC(=O)N[C@H]1[C@H](Oc2ccc([N+](=O)[O-])cc2)O[C@H](CO[C@H]2O[C@H](C)[C@H](O)[C@H](O)[C@H]2O)[C@@H](O)[C@@H]1O. The number of amides is 1. The van der Waals surface area contributed by atoms with Gasteiger partial charge in [-0.25, -0.2) is 0 Å². The third kappa shape index (κ3) is 5.79. The average molecular weight is 488 g/mol. The quantitative estimate of drug-likeness (QED) is 0.178. The van der Waals surface area contributed by atoms with Crippen LogP contribution in [0, 0.1) is 10.1 Å². The second kappa shape index (κ2) is 10.9. The number of nitro benzene ring substituents is 1. The molecular weight excluding hydrogens is 460 g/mol. The first-order chi connectivity index (χ1) is 16.0. The number of aliphatic hydroxyl groups is 5. The molecule has 2 fully saturated rings. The summed E-state index contributed by atoms with van der Waals surface area (Å²) in [7, 11) is 0. The lowest BCUT2D eigenvalue weighted by Gasteiger charge is -2.43. The molecule has 2 aliphatic heterocycles. The van der Waals surface area contributed by atoms with Gasteiger partial charge in [0.25, 0.3) is 5.69 Å². The number of aliphatic hydroxyl groups excluding tert-OH is 5. The Kier molecular flexibility index (Phi) is 8.38. The van der Waals surface area contributed by atoms with E-state index in [9.17, 15) is 40.4 Å². The third-order valence-electron chi connectivity index (χ3n) is 5.60. The molecule has 34 heavy (non-hydrogen) atoms. The van der Waals surface area contributed by atoms with Crippen molar-refractivity contribution in [2.24, 2.45) is 0 Å². The maximum absolute atomic E-state index is 11.6. The van der Waals surface area contributed by atoms with Crippen LogP contribution in [0.15, 0.2) is 24.3 Å². The van der Waals surface area contributed by atoms with E-state index in [0.717, 1.165) is 0 Å². The number of nitrogens with zero attached hydrogens (tertiary/aromatic N) is 1. The Hall–Kier alpha value is -2.43. The molecule has 0 radical (unpaired) electrons. The molecule has 0 saturated carbocycles. The number of rotatable bonds is 7. The number of carbonyl (C=O) groups is 1. The molecule has 0 aliphatic carbocycles. The molecule has 0 spiro atoms. The summed E-state index contributed by atoms with van der Waals surface area (Å²) in [6, 6.07) is 3.79. The Bertz CT molecular complexity index is 854. The zero-order valence-electron chi connectivity index (χ0n) is 18.3. The topological polar surface area (TPSA) is 210 Å². The van der Waals surface area contributed by atoms with Crippen molar-refractivity contribution in [2.75, 3.05) is 6.61 Å². The maximum Gasteiger partial charge on any atom is 0.269 e. The Morgan fingerprint density at radius 3 is 2.24 bits per heavy atom. The van der Waals surface area contributed by atoms with Crippen molar-refractivity contribution in [1.29, 1.82) is 0 Å². The van der Waals surface area contributed by atoms with Gasteiger partial charge >= 0.3 is 0 Å². The summed E-state index contributed by atoms with van der Waals surface area (Å²) in [5, 5.41) is 64.2. The maximum atomic E-state index is 11.6. The van der Waals surface area contributed by atoms with Crippen LogP contribution in [0.3, 0.4) is 0 Å². The van der Waals surface area contributed by atoms with Crippen LogP contribution in [-0.2, 0) is 19.0 Å². The van der Waals surface area contributed by atoms with Gasteiger partial charge in [0.05, 0.1) is 17.6 Å². The molecule has 14 nitrogen and oxygen atoms in total. The smallest absolute Gasteiger partial charge is 0.269 e. The van der Waals surface area contributed by atoms with Crippen molar-refractivity contribution >= 4 is 11.6 Å². The van der Waals surface area contributed by atoms with Crippen molar-refractivity contribution in [1.82, 2.24) is 5.32 Å². The van der Waals surface area contributed by atoms with E-state index in [1.807, 2.05) is 0 Å². The number of benzene rings is 1. The Morgan fingerprint density at radius 1 is 1.00 bits per heavy atom. The minimum absolute atomic E-state index is 0.131. The predicted octanol–water partition coefficient (Wildman–Crippen LogP) is -2.23. The van der Waals surface area contributed by atoms with Crippen LogP contribution in [0.1, 0.15) is 13.8 Å². The highest BCUT2D eigenvalue weighted by atomic mass is 16.7. The number of non-ortho nitro benzene ring substituents is 1. The number of nitro groups is 1. The Balaban J connectivity index is 1.72. The van der Waals surface area contributed by atoms with E-state index < -0.39 is 78.8 Å². The monoisotopic (exact) mass is 488 g/mol. The minimum atomic E-state index is -1.59. The molecular formula is C20H28N2O12. The van der Waals surface area contributed by atoms with Crippen molar-refractivity contribution in [3.05, 3.63) is 34.4 Å². The van der Waals surface area contributed by atoms with E-state index >= 15 is 0 Å². The predicted molar refractivity (Wildman–Crippen MR) is 110 cm³/mol. The van der Waals surface area contributed by atoms with Gasteiger partial charge in [-0.1, -0.05) is 0 Å². The van der Waals surface area contributed by atoms with E-state index in [1.54, 1.807) is 0 Å². The molecule has 3 rings (SSSR count). The molecule has 1 amide bonds. The lowest BCUT2D eigenvalue weighted by atomic mass is 9.96. The second-order valence-electron chi connectivity index (χ2n) is 8.13. The third-order valence-corrected chi connectivity index (χ3v) is 5.60. The molecule has 2 aliphatic rings. The van der Waals surface area contributed by atoms with Gasteiger partial charge in [0.1, 0.15) is 48.4 Å². The van der Waals surface area contributed by atoms with Gasteiger partial charge in [0.2, 0.25) is 12.2 Å². The van der Waals surface area contributed by atoms with E-state index in [1.165, 1.54) is 38.1 Å². The molecule has 10 atom stereocenters. The zero-order valence-corrected chi connectivity index (χ0v) is 18.3. The van der Waals surface area contributed by atoms with Crippen LogP contribution in [0.4, 0.5) is 5.69 Å². The van der Waals surface area contributed by atoms with Gasteiger partial charge in [-0.3, -0.25) is 14.9 Å². The molecule has 0 unspecified atom stereocenters. The normalized spacial score (nSPS) is 38.2. The van der Waals surface area contributed by atoms with E-state index in [4.69, 9.17) is 18.9 Å². The van der Waals surface area contributed by atoms with Crippen LogP contribution in [0.5, 0.6) is 5.75 Å². The first kappa shape index (κ1) is 26.2. The first-order valence-electron chi connectivity index (χ1n) is 10.5. The van der Waals surface area contributed by atoms with Gasteiger partial charge in [-0.15, -0.1) is 0 Å². The highest BCUT2D eigenvalue weighted by Gasteiger charge is 2.48. The highest BCUT2D eigenvalue weighted by molar-refractivity contribution is 5.73. The van der Waals surface area contributed by atoms with Crippen LogP contribution < -0.4 is 10.1 Å². The zero-order chi connectivity index (χ0) is 25.2. The number of carbonyl (C=O) groups excluding carboxylic acids is 1. The Morgan fingerprint density at radius 2 is 1.65 bits per heavy atom. The molecule has 1 aromatic carbocycles. The summed E-state index contributed by atoms with van der Waals surface area (Å²) in [4.78, 5) is 21.9. The number of ether oxygens (including phenoxy) is 4. The van der Waals surface area contributed by atoms with Gasteiger partial charge in [-0.05, 0) is 19.1 Å².